The molecule has 0 atom stereocenters. The molecule has 0 aliphatic heterocycles. The first-order chi connectivity index (χ1) is 3.68. The predicted molar refractivity (Wildman–Crippen MR) is 29.8 cm³/mol. The normalized spacial score (nSPS) is 12.0. The fourth-order valence-corrected chi connectivity index (χ4v) is 0.304. The summed E-state index contributed by atoms with van der Waals surface area (Å²) in [5.41, 5.74) is -1.50. The molecule has 0 aromatic heterocycles. The quantitative estimate of drug-likeness (QED) is 0.438. The lowest BCUT2D eigenvalue weighted by Gasteiger charge is -2.18. The topological polar surface area (TPSA) is 60.7 Å². The molecule has 4 heteroatoms. The molecule has 0 saturated heterocycles. The standard InChI is InChI=1S/C4H9ClO3/c5-1-4(8,2-6)3-7/h6-8H,1-3H2. The fourth-order valence-electron chi connectivity index (χ4n) is 0.135. The molecular formula is C4H9ClO3. The first-order valence-electron chi connectivity index (χ1n) is 2.18. The van der Waals surface area contributed by atoms with Gasteiger partial charge in [-0.1, -0.05) is 0 Å². The molecule has 0 spiro atoms. The van der Waals surface area contributed by atoms with E-state index in [2.05, 4.69) is 0 Å². The second-order valence-corrected chi connectivity index (χ2v) is 1.94. The number of rotatable bonds is 3. The van der Waals surface area contributed by atoms with Gasteiger partial charge < -0.3 is 15.3 Å². The van der Waals surface area contributed by atoms with Crippen LogP contribution in [0.2, 0.25) is 0 Å². The zero-order chi connectivity index (χ0) is 6.62. The van der Waals surface area contributed by atoms with Crippen molar-refractivity contribution >= 4 is 11.6 Å². The molecule has 0 aromatic rings. The summed E-state index contributed by atoms with van der Waals surface area (Å²) in [7, 11) is 0. The average molecular weight is 141 g/mol. The van der Waals surface area contributed by atoms with Crippen LogP contribution in [0, 0.1) is 0 Å². The minimum atomic E-state index is -1.50. The van der Waals surface area contributed by atoms with Crippen molar-refractivity contribution in [3.8, 4) is 0 Å². The first kappa shape index (κ1) is 8.17. The van der Waals surface area contributed by atoms with Gasteiger partial charge in [-0.05, 0) is 0 Å². The van der Waals surface area contributed by atoms with Gasteiger partial charge in [-0.3, -0.25) is 0 Å². The summed E-state index contributed by atoms with van der Waals surface area (Å²) in [6.07, 6.45) is 0. The number of alkyl halides is 1. The molecule has 0 saturated carbocycles. The highest BCUT2D eigenvalue weighted by molar-refractivity contribution is 6.18. The average Bonchev–Trinajstić information content (AvgIpc) is 1.87. The highest BCUT2D eigenvalue weighted by atomic mass is 35.5. The van der Waals surface area contributed by atoms with Gasteiger partial charge in [-0.15, -0.1) is 11.6 Å². The number of hydrogen-bond acceptors (Lipinski definition) is 3. The maximum atomic E-state index is 8.81. The van der Waals surface area contributed by atoms with Gasteiger partial charge in [-0.25, -0.2) is 0 Å². The molecule has 0 bridgehead atoms. The maximum Gasteiger partial charge on any atom is 0.124 e. The lowest BCUT2D eigenvalue weighted by atomic mass is 10.1. The van der Waals surface area contributed by atoms with Crippen LogP contribution in [0.1, 0.15) is 0 Å². The van der Waals surface area contributed by atoms with Gasteiger partial charge in [-0.2, -0.15) is 0 Å². The van der Waals surface area contributed by atoms with E-state index in [0.29, 0.717) is 0 Å². The zero-order valence-corrected chi connectivity index (χ0v) is 5.10. The van der Waals surface area contributed by atoms with E-state index < -0.39 is 18.8 Å². The summed E-state index contributed by atoms with van der Waals surface area (Å²) < 4.78 is 0. The van der Waals surface area contributed by atoms with Crippen molar-refractivity contribution < 1.29 is 15.3 Å². The van der Waals surface area contributed by atoms with E-state index >= 15 is 0 Å². The molecule has 0 aliphatic rings. The van der Waals surface area contributed by atoms with E-state index in [1.165, 1.54) is 0 Å². The molecule has 0 unspecified atom stereocenters. The van der Waals surface area contributed by atoms with E-state index in [9.17, 15) is 0 Å². The number of aliphatic hydroxyl groups is 3. The lowest BCUT2D eigenvalue weighted by molar-refractivity contribution is -0.0371. The van der Waals surface area contributed by atoms with Crippen LogP contribution in [0.25, 0.3) is 0 Å². The van der Waals surface area contributed by atoms with Crippen LogP contribution in [0.5, 0.6) is 0 Å². The third kappa shape index (κ3) is 1.96. The van der Waals surface area contributed by atoms with Crippen molar-refractivity contribution in [2.75, 3.05) is 19.1 Å². The molecule has 8 heavy (non-hydrogen) atoms. The van der Waals surface area contributed by atoms with Crippen LogP contribution in [0.4, 0.5) is 0 Å². The van der Waals surface area contributed by atoms with Crippen LogP contribution in [0.3, 0.4) is 0 Å². The first-order valence-corrected chi connectivity index (χ1v) is 2.72. The Labute approximate surface area is 52.5 Å². The molecule has 3 nitrogen and oxygen atoms in total. The van der Waals surface area contributed by atoms with Crippen molar-refractivity contribution in [2.45, 2.75) is 5.60 Å². The molecule has 0 amide bonds. The largest absolute Gasteiger partial charge is 0.393 e. The van der Waals surface area contributed by atoms with Crippen molar-refractivity contribution in [3.63, 3.8) is 0 Å². The van der Waals surface area contributed by atoms with E-state index in [1.807, 2.05) is 0 Å². The molecule has 0 aliphatic carbocycles. The monoisotopic (exact) mass is 140 g/mol. The Kier molecular flexibility index (Phi) is 3.31. The molecule has 0 fully saturated rings. The summed E-state index contributed by atoms with van der Waals surface area (Å²) in [5, 5.41) is 25.4. The van der Waals surface area contributed by atoms with Gasteiger partial charge in [0.25, 0.3) is 0 Å². The summed E-state index contributed by atoms with van der Waals surface area (Å²) in [6, 6.07) is 0. The Hall–Kier alpha value is 0.170. The number of hydrogen-bond donors (Lipinski definition) is 3. The number of aliphatic hydroxyl groups excluding tert-OH is 2. The smallest absolute Gasteiger partial charge is 0.124 e. The highest BCUT2D eigenvalue weighted by Crippen LogP contribution is 2.03. The minimum absolute atomic E-state index is 0.153. The van der Waals surface area contributed by atoms with Crippen LogP contribution < -0.4 is 0 Å². The minimum Gasteiger partial charge on any atom is -0.393 e. The SMILES string of the molecule is OCC(O)(CO)CCl. The van der Waals surface area contributed by atoms with Gasteiger partial charge in [0.05, 0.1) is 19.1 Å². The van der Waals surface area contributed by atoms with Crippen molar-refractivity contribution in [1.29, 1.82) is 0 Å². The van der Waals surface area contributed by atoms with Crippen LogP contribution >= 0.6 is 11.6 Å². The van der Waals surface area contributed by atoms with Gasteiger partial charge in [0.1, 0.15) is 5.60 Å². The molecule has 50 valence electrons. The summed E-state index contributed by atoms with van der Waals surface area (Å²) in [6.45, 7) is -1.01. The second kappa shape index (κ2) is 3.25. The summed E-state index contributed by atoms with van der Waals surface area (Å²) in [5.74, 6) is -0.153. The lowest BCUT2D eigenvalue weighted by Crippen LogP contribution is -2.39. The third-order valence-electron chi connectivity index (χ3n) is 0.837. The molecule has 0 rings (SSSR count). The zero-order valence-electron chi connectivity index (χ0n) is 4.34. The van der Waals surface area contributed by atoms with Gasteiger partial charge in [0.15, 0.2) is 0 Å². The Bertz CT molecular complexity index is 54.0. The van der Waals surface area contributed by atoms with Gasteiger partial charge >= 0.3 is 0 Å². The Morgan fingerprint density at radius 3 is 1.62 bits per heavy atom. The summed E-state index contributed by atoms with van der Waals surface area (Å²) >= 11 is 5.14. The third-order valence-corrected chi connectivity index (χ3v) is 1.33. The molecule has 3 N–H and O–H groups in total. The maximum absolute atomic E-state index is 8.81. The van der Waals surface area contributed by atoms with Gasteiger partial charge in [0, 0.05) is 0 Å². The highest BCUT2D eigenvalue weighted by Gasteiger charge is 2.22. The van der Waals surface area contributed by atoms with Crippen molar-refractivity contribution in [1.82, 2.24) is 0 Å². The molecule has 0 aromatic carbocycles. The number of halogens is 1. The van der Waals surface area contributed by atoms with E-state index in [1.54, 1.807) is 0 Å². The van der Waals surface area contributed by atoms with Crippen molar-refractivity contribution in [2.24, 2.45) is 0 Å². The Morgan fingerprint density at radius 1 is 1.25 bits per heavy atom. The van der Waals surface area contributed by atoms with Crippen molar-refractivity contribution in [3.05, 3.63) is 0 Å². The predicted octanol–water partition coefficient (Wildman–Crippen LogP) is -1.06. The van der Waals surface area contributed by atoms with E-state index in [-0.39, 0.29) is 5.88 Å². The summed E-state index contributed by atoms with van der Waals surface area (Å²) in [4.78, 5) is 0. The molecular weight excluding hydrogens is 131 g/mol. The fraction of sp³-hybridized carbons (Fsp3) is 1.00. The van der Waals surface area contributed by atoms with E-state index in [0.717, 1.165) is 0 Å². The van der Waals surface area contributed by atoms with Crippen LogP contribution in [0.15, 0.2) is 0 Å². The Balaban J connectivity index is 3.58. The molecule has 0 heterocycles. The van der Waals surface area contributed by atoms with Crippen LogP contribution in [-0.4, -0.2) is 40.0 Å². The molecule has 0 radical (unpaired) electrons. The van der Waals surface area contributed by atoms with Gasteiger partial charge in [0.2, 0.25) is 0 Å². The van der Waals surface area contributed by atoms with E-state index in [4.69, 9.17) is 26.9 Å². The second-order valence-electron chi connectivity index (χ2n) is 1.67. The van der Waals surface area contributed by atoms with Crippen LogP contribution in [-0.2, 0) is 0 Å². The Morgan fingerprint density at radius 2 is 1.62 bits per heavy atom.